The predicted molar refractivity (Wildman–Crippen MR) is 57.1 cm³/mol. The van der Waals surface area contributed by atoms with Crippen LogP contribution in [-0.2, 0) is 0 Å². The smallest absolute Gasteiger partial charge is 0.315 e. The average molecular weight is 209 g/mol. The first-order valence-electron chi connectivity index (χ1n) is 5.21. The van der Waals surface area contributed by atoms with Crippen molar-refractivity contribution in [2.75, 3.05) is 7.05 Å². The molecule has 15 heavy (non-hydrogen) atoms. The van der Waals surface area contributed by atoms with E-state index < -0.39 is 0 Å². The first-order chi connectivity index (χ1) is 7.22. The van der Waals surface area contributed by atoms with Crippen molar-refractivity contribution in [3.05, 3.63) is 33.1 Å². The van der Waals surface area contributed by atoms with Gasteiger partial charge in [0, 0.05) is 18.3 Å². The minimum absolute atomic E-state index is 0.166. The highest BCUT2D eigenvalue weighted by Crippen LogP contribution is 2.28. The molecule has 1 aliphatic carbocycles. The van der Waals surface area contributed by atoms with Gasteiger partial charge in [0.25, 0.3) is 5.56 Å². The molecule has 2 N–H and O–H groups in total. The van der Waals surface area contributed by atoms with Gasteiger partial charge in [0.15, 0.2) is 0 Å². The highest BCUT2D eigenvalue weighted by atomic mass is 16.2. The molecular weight excluding hydrogens is 194 g/mol. The highest BCUT2D eigenvalue weighted by molar-refractivity contribution is 4.92. The summed E-state index contributed by atoms with van der Waals surface area (Å²) in [5.74, 6) is 0. The largest absolute Gasteiger partial charge is 0.328 e. The maximum absolute atomic E-state index is 11.6. The van der Waals surface area contributed by atoms with Gasteiger partial charge < -0.3 is 5.32 Å². The normalized spacial score (nSPS) is 25.7. The molecule has 1 aliphatic rings. The van der Waals surface area contributed by atoms with Crippen LogP contribution in [0.15, 0.2) is 21.9 Å². The maximum atomic E-state index is 11.6. The second-order valence-electron chi connectivity index (χ2n) is 3.91. The summed E-state index contributed by atoms with van der Waals surface area (Å²) in [4.78, 5) is 24.8. The van der Waals surface area contributed by atoms with Crippen molar-refractivity contribution in [3.63, 3.8) is 0 Å². The molecule has 5 heteroatoms. The van der Waals surface area contributed by atoms with Crippen LogP contribution in [0.5, 0.6) is 0 Å². The van der Waals surface area contributed by atoms with Crippen LogP contribution in [0.1, 0.15) is 25.3 Å². The number of rotatable bonds is 2. The molecule has 1 saturated carbocycles. The summed E-state index contributed by atoms with van der Waals surface area (Å²) in [6.07, 6.45) is 4.76. The molecular formula is C10H15N3O2. The molecule has 0 spiro atoms. The van der Waals surface area contributed by atoms with Crippen molar-refractivity contribution in [1.29, 1.82) is 0 Å². The molecule has 0 bridgehead atoms. The van der Waals surface area contributed by atoms with E-state index >= 15 is 0 Å². The topological polar surface area (TPSA) is 66.9 Å². The minimum Gasteiger partial charge on any atom is -0.315 e. The molecule has 1 fully saturated rings. The van der Waals surface area contributed by atoms with Crippen molar-refractivity contribution in [2.45, 2.75) is 31.3 Å². The van der Waals surface area contributed by atoms with Crippen molar-refractivity contribution < 1.29 is 0 Å². The Balaban J connectivity index is 2.37. The van der Waals surface area contributed by atoms with Gasteiger partial charge in [-0.3, -0.25) is 14.3 Å². The SMILES string of the molecule is CNC1CCCC1n1ccc(=O)[nH]c1=O. The molecule has 82 valence electrons. The first kappa shape index (κ1) is 10.2. The van der Waals surface area contributed by atoms with Crippen LogP contribution in [0.3, 0.4) is 0 Å². The monoisotopic (exact) mass is 209 g/mol. The van der Waals surface area contributed by atoms with Gasteiger partial charge in [0.05, 0.1) is 6.04 Å². The molecule has 2 unspecified atom stereocenters. The minimum atomic E-state index is -0.338. The zero-order valence-corrected chi connectivity index (χ0v) is 8.69. The number of likely N-dealkylation sites (N-methyl/N-ethyl adjacent to an activating group) is 1. The number of H-pyrrole nitrogens is 1. The van der Waals surface area contributed by atoms with Crippen molar-refractivity contribution in [3.8, 4) is 0 Å². The van der Waals surface area contributed by atoms with Gasteiger partial charge in [0.1, 0.15) is 0 Å². The molecule has 1 heterocycles. The Hall–Kier alpha value is -1.36. The molecule has 0 amide bonds. The number of aromatic nitrogens is 2. The van der Waals surface area contributed by atoms with E-state index in [2.05, 4.69) is 10.3 Å². The lowest BCUT2D eigenvalue weighted by atomic mass is 10.2. The summed E-state index contributed by atoms with van der Waals surface area (Å²) < 4.78 is 1.62. The van der Waals surface area contributed by atoms with Gasteiger partial charge in [-0.15, -0.1) is 0 Å². The first-order valence-corrected chi connectivity index (χ1v) is 5.21. The van der Waals surface area contributed by atoms with E-state index in [1.165, 1.54) is 6.07 Å². The van der Waals surface area contributed by atoms with E-state index in [4.69, 9.17) is 0 Å². The van der Waals surface area contributed by atoms with Crippen LogP contribution in [0.4, 0.5) is 0 Å². The highest BCUT2D eigenvalue weighted by Gasteiger charge is 2.27. The Bertz CT molecular complexity index is 448. The fourth-order valence-corrected chi connectivity index (χ4v) is 2.30. The molecule has 1 aromatic rings. The van der Waals surface area contributed by atoms with Crippen molar-refractivity contribution >= 4 is 0 Å². The number of hydrogen-bond donors (Lipinski definition) is 2. The molecule has 2 rings (SSSR count). The van der Waals surface area contributed by atoms with Crippen LogP contribution < -0.4 is 16.6 Å². The Kier molecular flexibility index (Phi) is 2.73. The van der Waals surface area contributed by atoms with Crippen LogP contribution in [0.2, 0.25) is 0 Å². The molecule has 1 aromatic heterocycles. The zero-order chi connectivity index (χ0) is 10.8. The van der Waals surface area contributed by atoms with E-state index in [1.54, 1.807) is 10.8 Å². The predicted octanol–water partition coefficient (Wildman–Crippen LogP) is -0.150. The third kappa shape index (κ3) is 1.87. The number of nitrogens with zero attached hydrogens (tertiary/aromatic N) is 1. The Morgan fingerprint density at radius 2 is 2.27 bits per heavy atom. The Morgan fingerprint density at radius 3 is 2.93 bits per heavy atom. The summed E-state index contributed by atoms with van der Waals surface area (Å²) in [5.41, 5.74) is -0.648. The van der Waals surface area contributed by atoms with Crippen molar-refractivity contribution in [1.82, 2.24) is 14.9 Å². The van der Waals surface area contributed by atoms with E-state index in [9.17, 15) is 9.59 Å². The summed E-state index contributed by atoms with van der Waals surface area (Å²) in [6.45, 7) is 0. The standard InChI is InChI=1S/C10H15N3O2/c1-11-7-3-2-4-8(7)13-6-5-9(14)12-10(13)15/h5-8,11H,2-4H2,1H3,(H,12,14,15). The van der Waals surface area contributed by atoms with Gasteiger partial charge in [0.2, 0.25) is 0 Å². The van der Waals surface area contributed by atoms with E-state index in [0.29, 0.717) is 6.04 Å². The summed E-state index contributed by atoms with van der Waals surface area (Å²) in [7, 11) is 1.90. The molecule has 5 nitrogen and oxygen atoms in total. The van der Waals surface area contributed by atoms with Crippen LogP contribution in [0.25, 0.3) is 0 Å². The summed E-state index contributed by atoms with van der Waals surface area (Å²) >= 11 is 0. The van der Waals surface area contributed by atoms with Crippen LogP contribution in [0, 0.1) is 0 Å². The van der Waals surface area contributed by atoms with Gasteiger partial charge in [-0.05, 0) is 26.3 Å². The van der Waals surface area contributed by atoms with Crippen LogP contribution >= 0.6 is 0 Å². The fourth-order valence-electron chi connectivity index (χ4n) is 2.30. The quantitative estimate of drug-likeness (QED) is 0.711. The number of nitrogens with one attached hydrogen (secondary N) is 2. The second kappa shape index (κ2) is 4.02. The van der Waals surface area contributed by atoms with E-state index in [-0.39, 0.29) is 17.3 Å². The van der Waals surface area contributed by atoms with Gasteiger partial charge >= 0.3 is 5.69 Å². The summed E-state index contributed by atoms with van der Waals surface area (Å²) in [5, 5.41) is 3.20. The Labute approximate surface area is 87.1 Å². The van der Waals surface area contributed by atoms with Crippen LogP contribution in [-0.4, -0.2) is 22.6 Å². The Morgan fingerprint density at radius 1 is 1.47 bits per heavy atom. The van der Waals surface area contributed by atoms with Gasteiger partial charge in [-0.1, -0.05) is 0 Å². The molecule has 0 aliphatic heterocycles. The third-order valence-electron chi connectivity index (χ3n) is 3.06. The molecule has 2 atom stereocenters. The summed E-state index contributed by atoms with van der Waals surface area (Å²) in [6, 6.07) is 1.89. The lowest BCUT2D eigenvalue weighted by Gasteiger charge is -2.20. The maximum Gasteiger partial charge on any atom is 0.328 e. The van der Waals surface area contributed by atoms with E-state index in [1.807, 2.05) is 7.05 Å². The molecule has 0 radical (unpaired) electrons. The zero-order valence-electron chi connectivity index (χ0n) is 8.69. The third-order valence-corrected chi connectivity index (χ3v) is 3.06. The van der Waals surface area contributed by atoms with Crippen molar-refractivity contribution in [2.24, 2.45) is 0 Å². The van der Waals surface area contributed by atoms with Gasteiger partial charge in [-0.25, -0.2) is 4.79 Å². The fraction of sp³-hybridized carbons (Fsp3) is 0.600. The second-order valence-corrected chi connectivity index (χ2v) is 3.91. The lowest BCUT2D eigenvalue weighted by Crippen LogP contribution is -2.38. The average Bonchev–Trinajstić information content (AvgIpc) is 2.65. The number of hydrogen-bond acceptors (Lipinski definition) is 3. The van der Waals surface area contributed by atoms with E-state index in [0.717, 1.165) is 19.3 Å². The lowest BCUT2D eigenvalue weighted by molar-refractivity contribution is 0.399. The van der Waals surface area contributed by atoms with Gasteiger partial charge in [-0.2, -0.15) is 0 Å². The molecule has 0 saturated heterocycles. The molecule has 0 aromatic carbocycles. The number of aromatic amines is 1.